The molecule has 0 radical (unpaired) electrons. The number of hydrogen-bond donors (Lipinski definition) is 0. The lowest BCUT2D eigenvalue weighted by Gasteiger charge is -2.36. The Labute approximate surface area is 198 Å². The van der Waals surface area contributed by atoms with E-state index in [-0.39, 0.29) is 30.7 Å². The second-order valence-corrected chi connectivity index (χ2v) is 11.1. The smallest absolute Gasteiger partial charge is 0.387 e. The lowest BCUT2D eigenvalue weighted by molar-refractivity contribution is -0.123. The summed E-state index contributed by atoms with van der Waals surface area (Å²) in [6, 6.07) is 10.3. The molecule has 3 aliphatic rings. The Morgan fingerprint density at radius 1 is 0.941 bits per heavy atom. The first-order valence-electron chi connectivity index (χ1n) is 11.8. The van der Waals surface area contributed by atoms with Gasteiger partial charge in [-0.15, -0.1) is 0 Å². The first-order chi connectivity index (χ1) is 16.3. The molecule has 1 fully saturated rings. The number of para-hydroxylation sites is 1. The highest BCUT2D eigenvalue weighted by Crippen LogP contribution is 2.39. The molecule has 1 amide bonds. The number of amides is 1. The number of halogens is 2. The van der Waals surface area contributed by atoms with Crippen molar-refractivity contribution in [2.75, 3.05) is 24.5 Å². The molecule has 0 N–H and O–H groups in total. The number of aryl methyl sites for hydroxylation is 3. The monoisotopic (exact) mass is 490 g/mol. The molecule has 5 rings (SSSR count). The fraction of sp³-hybridized carbons (Fsp3) is 0.480. The quantitative estimate of drug-likeness (QED) is 0.632. The molecule has 0 spiro atoms. The lowest BCUT2D eigenvalue weighted by atomic mass is 9.93. The molecule has 34 heavy (non-hydrogen) atoms. The third kappa shape index (κ3) is 4.31. The molecule has 9 heteroatoms. The summed E-state index contributed by atoms with van der Waals surface area (Å²) in [4.78, 5) is 15.3. The molecule has 0 saturated carbocycles. The van der Waals surface area contributed by atoms with Crippen molar-refractivity contribution in [2.45, 2.75) is 56.5 Å². The van der Waals surface area contributed by atoms with E-state index in [0.717, 1.165) is 36.8 Å². The molecule has 0 aromatic heterocycles. The number of carbonyl (C=O) groups excluding carboxylic acids is 1. The minimum absolute atomic E-state index is 0.0113. The van der Waals surface area contributed by atoms with Crippen molar-refractivity contribution in [1.82, 2.24) is 4.31 Å². The van der Waals surface area contributed by atoms with Crippen LogP contribution in [0.5, 0.6) is 5.75 Å². The molecule has 2 aromatic carbocycles. The van der Waals surface area contributed by atoms with Gasteiger partial charge < -0.3 is 9.64 Å². The van der Waals surface area contributed by atoms with Gasteiger partial charge in [-0.25, -0.2) is 8.42 Å². The molecule has 2 aliphatic heterocycles. The van der Waals surface area contributed by atoms with Gasteiger partial charge in [0.15, 0.2) is 0 Å². The van der Waals surface area contributed by atoms with Gasteiger partial charge in [-0.2, -0.15) is 13.1 Å². The van der Waals surface area contributed by atoms with Gasteiger partial charge in [-0.05, 0) is 79.8 Å². The highest BCUT2D eigenvalue weighted by molar-refractivity contribution is 7.89. The molecule has 1 aliphatic carbocycles. The van der Waals surface area contributed by atoms with Crippen LogP contribution in [0.2, 0.25) is 0 Å². The largest absolute Gasteiger partial charge is 0.433 e. The average Bonchev–Trinajstić information content (AvgIpc) is 3.31. The zero-order chi connectivity index (χ0) is 23.9. The van der Waals surface area contributed by atoms with E-state index in [1.165, 1.54) is 15.9 Å². The van der Waals surface area contributed by atoms with Gasteiger partial charge in [0.25, 0.3) is 0 Å². The average molecular weight is 491 g/mol. The topological polar surface area (TPSA) is 66.9 Å². The van der Waals surface area contributed by atoms with Crippen LogP contribution in [0.15, 0.2) is 41.3 Å². The van der Waals surface area contributed by atoms with Crippen molar-refractivity contribution in [1.29, 1.82) is 0 Å². The predicted molar refractivity (Wildman–Crippen MR) is 124 cm³/mol. The molecule has 1 saturated heterocycles. The third-order valence-corrected chi connectivity index (χ3v) is 9.07. The van der Waals surface area contributed by atoms with Gasteiger partial charge in [-0.1, -0.05) is 18.2 Å². The first-order valence-corrected chi connectivity index (χ1v) is 13.3. The first kappa shape index (κ1) is 23.2. The minimum Gasteiger partial charge on any atom is -0.433 e. The Morgan fingerprint density at radius 2 is 1.68 bits per heavy atom. The number of fused-ring (bicyclic) bond motifs is 2. The van der Waals surface area contributed by atoms with Crippen LogP contribution in [0.25, 0.3) is 0 Å². The third-order valence-electron chi connectivity index (χ3n) is 7.17. The Kier molecular flexibility index (Phi) is 6.33. The second-order valence-electron chi connectivity index (χ2n) is 9.20. The van der Waals surface area contributed by atoms with E-state index in [9.17, 15) is 22.0 Å². The van der Waals surface area contributed by atoms with Crippen LogP contribution in [0.1, 0.15) is 42.4 Å². The van der Waals surface area contributed by atoms with Crippen LogP contribution in [0.3, 0.4) is 0 Å². The summed E-state index contributed by atoms with van der Waals surface area (Å²) in [6.45, 7) is -2.03. The van der Waals surface area contributed by atoms with E-state index < -0.39 is 16.6 Å². The molecule has 6 nitrogen and oxygen atoms in total. The predicted octanol–water partition coefficient (Wildman–Crippen LogP) is 4.16. The van der Waals surface area contributed by atoms with E-state index in [4.69, 9.17) is 4.74 Å². The van der Waals surface area contributed by atoms with Gasteiger partial charge in [0.05, 0.1) is 10.6 Å². The number of ether oxygens (including phenoxy) is 1. The summed E-state index contributed by atoms with van der Waals surface area (Å²) in [6.07, 6.45) is 5.17. The van der Waals surface area contributed by atoms with Crippen molar-refractivity contribution in [2.24, 2.45) is 5.92 Å². The fourth-order valence-electron chi connectivity index (χ4n) is 5.45. The van der Waals surface area contributed by atoms with Gasteiger partial charge >= 0.3 is 6.61 Å². The summed E-state index contributed by atoms with van der Waals surface area (Å²) in [5.41, 5.74) is 3.57. The zero-order valence-corrected chi connectivity index (χ0v) is 19.7. The number of benzene rings is 2. The fourth-order valence-corrected chi connectivity index (χ4v) is 6.97. The second kappa shape index (κ2) is 9.26. The van der Waals surface area contributed by atoms with Gasteiger partial charge in [-0.3, -0.25) is 4.79 Å². The molecule has 182 valence electrons. The maximum absolute atomic E-state index is 13.4. The molecular weight excluding hydrogens is 462 g/mol. The Morgan fingerprint density at radius 3 is 2.44 bits per heavy atom. The van der Waals surface area contributed by atoms with Gasteiger partial charge in [0.2, 0.25) is 15.9 Å². The maximum atomic E-state index is 13.4. The normalized spacial score (nSPS) is 19.2. The number of hydrogen-bond acceptors (Lipinski definition) is 4. The summed E-state index contributed by atoms with van der Waals surface area (Å²) in [5, 5.41) is 0. The van der Waals surface area contributed by atoms with Crippen molar-refractivity contribution in [3.8, 4) is 5.75 Å². The number of sulfonamides is 1. The summed E-state index contributed by atoms with van der Waals surface area (Å²) >= 11 is 0. The van der Waals surface area contributed by atoms with Crippen LogP contribution >= 0.6 is 0 Å². The SMILES string of the molecule is O=C(C1CCN(S(=O)(=O)c2ccc3c(c2)CCC3)CC1)N1CCCc2cccc(OC(F)F)c21. The maximum Gasteiger partial charge on any atom is 0.387 e. The number of piperidine rings is 1. The summed E-state index contributed by atoms with van der Waals surface area (Å²) in [7, 11) is -3.62. The van der Waals surface area contributed by atoms with Crippen LogP contribution in [-0.4, -0.2) is 44.9 Å². The van der Waals surface area contributed by atoms with E-state index >= 15 is 0 Å². The Balaban J connectivity index is 1.30. The number of carbonyl (C=O) groups is 1. The van der Waals surface area contributed by atoms with E-state index in [1.807, 2.05) is 12.1 Å². The van der Waals surface area contributed by atoms with Crippen LogP contribution in [-0.2, 0) is 34.1 Å². The minimum atomic E-state index is -3.62. The van der Waals surface area contributed by atoms with E-state index in [0.29, 0.717) is 36.4 Å². The molecule has 0 bridgehead atoms. The van der Waals surface area contributed by atoms with Crippen molar-refractivity contribution in [3.05, 3.63) is 53.1 Å². The van der Waals surface area contributed by atoms with Crippen LogP contribution in [0.4, 0.5) is 14.5 Å². The number of nitrogens with zero attached hydrogens (tertiary/aromatic N) is 2. The standard InChI is InChI=1S/C25H28F2N2O4S/c26-25(27)33-22-8-2-5-18-7-3-13-29(23(18)22)24(30)19-11-14-28(15-12-19)34(31,32)21-10-9-17-4-1-6-20(17)16-21/h2,5,8-10,16,19,25H,1,3-4,6-7,11-15H2. The Bertz CT molecular complexity index is 1190. The molecule has 0 unspecified atom stereocenters. The van der Waals surface area contributed by atoms with E-state index in [2.05, 4.69) is 0 Å². The van der Waals surface area contributed by atoms with Gasteiger partial charge in [0, 0.05) is 25.6 Å². The van der Waals surface area contributed by atoms with Crippen molar-refractivity contribution in [3.63, 3.8) is 0 Å². The number of anilines is 1. The van der Waals surface area contributed by atoms with Crippen LogP contribution in [0, 0.1) is 5.92 Å². The highest BCUT2D eigenvalue weighted by Gasteiger charge is 2.36. The summed E-state index contributed by atoms with van der Waals surface area (Å²) < 4.78 is 58.5. The number of rotatable bonds is 5. The van der Waals surface area contributed by atoms with Crippen molar-refractivity contribution >= 4 is 21.6 Å². The van der Waals surface area contributed by atoms with Crippen molar-refractivity contribution < 1.29 is 26.7 Å². The Hall–Kier alpha value is -2.52. The lowest BCUT2D eigenvalue weighted by Crippen LogP contribution is -2.46. The number of alkyl halides is 2. The zero-order valence-electron chi connectivity index (χ0n) is 18.9. The van der Waals surface area contributed by atoms with Gasteiger partial charge in [0.1, 0.15) is 5.75 Å². The molecule has 2 aromatic rings. The molecule has 2 heterocycles. The highest BCUT2D eigenvalue weighted by atomic mass is 32.2. The molecule has 0 atom stereocenters. The van der Waals surface area contributed by atoms with Crippen LogP contribution < -0.4 is 9.64 Å². The van der Waals surface area contributed by atoms with E-state index in [1.54, 1.807) is 23.1 Å². The summed E-state index contributed by atoms with van der Waals surface area (Å²) in [5.74, 6) is -0.505. The molecular formula is C25H28F2N2O4S.